The number of hydrogen-bond donors (Lipinski definition) is 4. The predicted molar refractivity (Wildman–Crippen MR) is 145 cm³/mol. The number of aryl methyl sites for hydroxylation is 1. The molecule has 2 aromatic carbocycles. The Balaban J connectivity index is 1.56. The summed E-state index contributed by atoms with van der Waals surface area (Å²) in [4.78, 5) is 54.1. The van der Waals surface area contributed by atoms with Crippen LogP contribution in [0.15, 0.2) is 67.0 Å². The molecule has 0 aliphatic rings. The second kappa shape index (κ2) is 14.1. The fraction of sp³-hybridized carbons (Fsp3) is 0.250. The third kappa shape index (κ3) is 9.15. The van der Waals surface area contributed by atoms with E-state index < -0.39 is 23.8 Å². The number of pyridine rings is 1. The molecule has 0 fully saturated rings. The Morgan fingerprint density at radius 3 is 2.36 bits per heavy atom. The zero-order valence-corrected chi connectivity index (χ0v) is 21.8. The standard InChI is InChI=1S/C28H31N5O6/c1-19-5-3-4-6-22(19)31-28(38)32-23-8-7-21(15-24(23)39-2)16-25(34)30-17-26(35)33(14-11-27(36)37)18-20-9-12-29-13-10-20/h3-10,12-13,15H,11,14,16-18H2,1-2H3,(H,30,34)(H,36,37)(H2,31,32,38). The molecular formula is C28H31N5O6. The molecule has 3 rings (SSSR count). The molecule has 3 aromatic rings. The lowest BCUT2D eigenvalue weighted by atomic mass is 10.1. The molecule has 0 saturated heterocycles. The number of nitrogens with zero attached hydrogens (tertiary/aromatic N) is 2. The number of rotatable bonds is 12. The average Bonchev–Trinajstić information content (AvgIpc) is 2.92. The largest absolute Gasteiger partial charge is 0.495 e. The minimum Gasteiger partial charge on any atom is -0.495 e. The van der Waals surface area contributed by atoms with Gasteiger partial charge >= 0.3 is 12.0 Å². The van der Waals surface area contributed by atoms with E-state index in [0.717, 1.165) is 11.1 Å². The van der Waals surface area contributed by atoms with Crippen LogP contribution < -0.4 is 20.7 Å². The van der Waals surface area contributed by atoms with Crippen molar-refractivity contribution in [3.8, 4) is 5.75 Å². The Morgan fingerprint density at radius 2 is 1.67 bits per heavy atom. The van der Waals surface area contributed by atoms with Crippen LogP contribution in [0, 0.1) is 6.92 Å². The number of hydrogen-bond acceptors (Lipinski definition) is 6. The molecule has 0 atom stereocenters. The van der Waals surface area contributed by atoms with Gasteiger partial charge in [0.2, 0.25) is 11.8 Å². The third-order valence-electron chi connectivity index (χ3n) is 5.78. The summed E-state index contributed by atoms with van der Waals surface area (Å²) in [5.74, 6) is -1.46. The summed E-state index contributed by atoms with van der Waals surface area (Å²) in [5, 5.41) is 17.1. The van der Waals surface area contributed by atoms with Gasteiger partial charge in [-0.3, -0.25) is 19.4 Å². The molecule has 11 nitrogen and oxygen atoms in total. The summed E-state index contributed by atoms with van der Waals surface area (Å²) in [5.41, 5.74) is 3.43. The molecule has 4 amide bonds. The molecule has 1 heterocycles. The first-order valence-corrected chi connectivity index (χ1v) is 12.2. The zero-order valence-electron chi connectivity index (χ0n) is 21.8. The number of para-hydroxylation sites is 1. The first-order valence-electron chi connectivity index (χ1n) is 12.2. The van der Waals surface area contributed by atoms with E-state index in [4.69, 9.17) is 9.84 Å². The summed E-state index contributed by atoms with van der Waals surface area (Å²) >= 11 is 0. The number of carboxylic acids is 1. The molecule has 0 saturated carbocycles. The van der Waals surface area contributed by atoms with E-state index in [1.165, 1.54) is 12.0 Å². The number of carbonyl (C=O) groups excluding carboxylic acids is 3. The number of methoxy groups -OCH3 is 1. The Hall–Kier alpha value is -4.93. The molecule has 0 bridgehead atoms. The number of carboxylic acid groups (broad SMARTS) is 1. The van der Waals surface area contributed by atoms with E-state index in [-0.39, 0.29) is 32.5 Å². The fourth-order valence-corrected chi connectivity index (χ4v) is 3.70. The van der Waals surface area contributed by atoms with Crippen LogP contribution in [0.4, 0.5) is 16.2 Å². The summed E-state index contributed by atoms with van der Waals surface area (Å²) in [6.07, 6.45) is 2.93. The molecule has 204 valence electrons. The number of ether oxygens (including phenoxy) is 1. The maximum Gasteiger partial charge on any atom is 0.323 e. The molecule has 0 unspecified atom stereocenters. The SMILES string of the molecule is COc1cc(CC(=O)NCC(=O)N(CCC(=O)O)Cc2ccncc2)ccc1NC(=O)Nc1ccccc1C. The zero-order chi connectivity index (χ0) is 28.2. The number of aromatic nitrogens is 1. The van der Waals surface area contributed by atoms with Crippen LogP contribution in [0.25, 0.3) is 0 Å². The fourth-order valence-electron chi connectivity index (χ4n) is 3.70. The van der Waals surface area contributed by atoms with E-state index in [0.29, 0.717) is 22.7 Å². The number of carbonyl (C=O) groups is 4. The number of urea groups is 1. The Labute approximate surface area is 226 Å². The molecule has 0 aliphatic heterocycles. The first-order chi connectivity index (χ1) is 18.7. The van der Waals surface area contributed by atoms with Crippen molar-refractivity contribution in [2.24, 2.45) is 0 Å². The highest BCUT2D eigenvalue weighted by molar-refractivity contribution is 6.01. The lowest BCUT2D eigenvalue weighted by molar-refractivity contribution is -0.139. The van der Waals surface area contributed by atoms with Crippen molar-refractivity contribution in [2.75, 3.05) is 30.8 Å². The van der Waals surface area contributed by atoms with Gasteiger partial charge in [-0.1, -0.05) is 24.3 Å². The minimum atomic E-state index is -1.02. The molecule has 0 aliphatic carbocycles. The van der Waals surface area contributed by atoms with Gasteiger partial charge in [-0.2, -0.15) is 0 Å². The number of aliphatic carboxylic acids is 1. The summed E-state index contributed by atoms with van der Waals surface area (Å²) in [6, 6.07) is 15.4. The average molecular weight is 534 g/mol. The lowest BCUT2D eigenvalue weighted by Crippen LogP contribution is -2.41. The van der Waals surface area contributed by atoms with E-state index in [1.54, 1.807) is 48.8 Å². The predicted octanol–water partition coefficient (Wildman–Crippen LogP) is 3.20. The monoisotopic (exact) mass is 533 g/mol. The lowest BCUT2D eigenvalue weighted by Gasteiger charge is -2.22. The van der Waals surface area contributed by atoms with Gasteiger partial charge in [-0.25, -0.2) is 4.79 Å². The van der Waals surface area contributed by atoms with Gasteiger partial charge < -0.3 is 30.7 Å². The van der Waals surface area contributed by atoms with Gasteiger partial charge in [-0.15, -0.1) is 0 Å². The van der Waals surface area contributed by atoms with E-state index in [2.05, 4.69) is 20.9 Å². The molecule has 0 spiro atoms. The molecule has 39 heavy (non-hydrogen) atoms. The summed E-state index contributed by atoms with van der Waals surface area (Å²) in [7, 11) is 1.46. The van der Waals surface area contributed by atoms with Crippen molar-refractivity contribution in [1.82, 2.24) is 15.2 Å². The Kier molecular flexibility index (Phi) is 10.4. The van der Waals surface area contributed by atoms with E-state index in [1.807, 2.05) is 25.1 Å². The highest BCUT2D eigenvalue weighted by Gasteiger charge is 2.17. The molecular weight excluding hydrogens is 502 g/mol. The second-order valence-corrected chi connectivity index (χ2v) is 8.70. The van der Waals surface area contributed by atoms with E-state index in [9.17, 15) is 19.2 Å². The summed E-state index contributed by atoms with van der Waals surface area (Å²) < 4.78 is 5.39. The van der Waals surface area contributed by atoms with Crippen molar-refractivity contribution in [3.05, 3.63) is 83.7 Å². The number of anilines is 2. The number of benzene rings is 2. The van der Waals surface area contributed by atoms with Gasteiger partial charge in [0.05, 0.1) is 32.2 Å². The van der Waals surface area contributed by atoms with Crippen LogP contribution >= 0.6 is 0 Å². The second-order valence-electron chi connectivity index (χ2n) is 8.70. The van der Waals surface area contributed by atoms with Crippen LogP contribution in [-0.4, -0.2) is 59.0 Å². The van der Waals surface area contributed by atoms with Crippen molar-refractivity contribution in [1.29, 1.82) is 0 Å². The van der Waals surface area contributed by atoms with Crippen LogP contribution in [-0.2, 0) is 27.3 Å². The number of amides is 4. The number of nitrogens with one attached hydrogen (secondary N) is 3. The van der Waals surface area contributed by atoms with E-state index >= 15 is 0 Å². The quantitative estimate of drug-likeness (QED) is 0.279. The van der Waals surface area contributed by atoms with Crippen molar-refractivity contribution in [2.45, 2.75) is 26.3 Å². The summed E-state index contributed by atoms with van der Waals surface area (Å²) in [6.45, 7) is 1.82. The van der Waals surface area contributed by atoms with Gasteiger partial charge in [0.25, 0.3) is 0 Å². The molecule has 11 heteroatoms. The smallest absolute Gasteiger partial charge is 0.323 e. The third-order valence-corrected chi connectivity index (χ3v) is 5.78. The molecule has 0 radical (unpaired) electrons. The molecule has 1 aromatic heterocycles. The maximum absolute atomic E-state index is 12.8. The molecule has 4 N–H and O–H groups in total. The first kappa shape index (κ1) is 28.6. The van der Waals surface area contributed by atoms with Gasteiger partial charge in [-0.05, 0) is 53.9 Å². The Morgan fingerprint density at radius 1 is 0.949 bits per heavy atom. The van der Waals surface area contributed by atoms with Crippen LogP contribution in [0.3, 0.4) is 0 Å². The van der Waals surface area contributed by atoms with Crippen molar-refractivity contribution >= 4 is 35.2 Å². The van der Waals surface area contributed by atoms with Gasteiger partial charge in [0, 0.05) is 31.2 Å². The van der Waals surface area contributed by atoms with Crippen LogP contribution in [0.5, 0.6) is 5.75 Å². The van der Waals surface area contributed by atoms with Crippen molar-refractivity contribution < 1.29 is 29.0 Å². The highest BCUT2D eigenvalue weighted by Crippen LogP contribution is 2.26. The van der Waals surface area contributed by atoms with Crippen LogP contribution in [0.2, 0.25) is 0 Å². The topological polar surface area (TPSA) is 150 Å². The van der Waals surface area contributed by atoms with Gasteiger partial charge in [0.15, 0.2) is 0 Å². The Bertz CT molecular complexity index is 1310. The maximum atomic E-state index is 12.8. The minimum absolute atomic E-state index is 0.00936. The van der Waals surface area contributed by atoms with Crippen molar-refractivity contribution in [3.63, 3.8) is 0 Å². The van der Waals surface area contributed by atoms with Gasteiger partial charge in [0.1, 0.15) is 5.75 Å². The highest BCUT2D eigenvalue weighted by atomic mass is 16.5. The van der Waals surface area contributed by atoms with Crippen LogP contribution in [0.1, 0.15) is 23.1 Å². The normalized spacial score (nSPS) is 10.3.